The Labute approximate surface area is 134 Å². The molecule has 1 fully saturated rings. The van der Waals surface area contributed by atoms with Crippen molar-refractivity contribution in [3.8, 4) is 16.9 Å². The molecule has 5 heteroatoms. The molecule has 116 valence electrons. The van der Waals surface area contributed by atoms with E-state index in [0.29, 0.717) is 17.3 Å². The third-order valence-electron chi connectivity index (χ3n) is 4.55. The maximum atomic E-state index is 10.1. The summed E-state index contributed by atoms with van der Waals surface area (Å²) in [5, 5.41) is 10.1. The Hall–Kier alpha value is -2.69. The van der Waals surface area contributed by atoms with Gasteiger partial charge in [0, 0.05) is 17.2 Å². The van der Waals surface area contributed by atoms with Gasteiger partial charge in [-0.1, -0.05) is 6.07 Å². The van der Waals surface area contributed by atoms with E-state index in [9.17, 15) is 5.11 Å². The van der Waals surface area contributed by atoms with Crippen LogP contribution >= 0.6 is 0 Å². The van der Waals surface area contributed by atoms with Gasteiger partial charge in [0.1, 0.15) is 23.1 Å². The molecule has 3 N–H and O–H groups in total. The monoisotopic (exact) mass is 306 g/mol. The molecule has 0 radical (unpaired) electrons. The zero-order valence-corrected chi connectivity index (χ0v) is 13.2. The van der Waals surface area contributed by atoms with Crippen LogP contribution in [0.3, 0.4) is 0 Å². The average molecular weight is 306 g/mol. The van der Waals surface area contributed by atoms with E-state index in [0.717, 1.165) is 46.3 Å². The van der Waals surface area contributed by atoms with E-state index in [2.05, 4.69) is 16.0 Å². The minimum absolute atomic E-state index is 0.283. The molecule has 1 saturated carbocycles. The summed E-state index contributed by atoms with van der Waals surface area (Å²) in [5.74, 6) is 1.18. The zero-order chi connectivity index (χ0) is 16.1. The summed E-state index contributed by atoms with van der Waals surface area (Å²) < 4.78 is 0. The quantitative estimate of drug-likeness (QED) is 0.757. The third kappa shape index (κ3) is 2.20. The Morgan fingerprint density at radius 1 is 1.13 bits per heavy atom. The highest BCUT2D eigenvalue weighted by atomic mass is 16.3. The summed E-state index contributed by atoms with van der Waals surface area (Å²) in [4.78, 5) is 13.2. The topological polar surface area (TPSA) is 84.9 Å². The largest absolute Gasteiger partial charge is 0.508 e. The molecule has 0 saturated heterocycles. The average Bonchev–Trinajstić information content (AvgIpc) is 3.37. The van der Waals surface area contributed by atoms with Gasteiger partial charge >= 0.3 is 0 Å². The molecule has 0 spiro atoms. The number of hydrogen-bond donors (Lipinski definition) is 2. The second kappa shape index (κ2) is 4.91. The van der Waals surface area contributed by atoms with Crippen LogP contribution in [0.4, 0.5) is 5.82 Å². The molecule has 1 aliphatic rings. The summed E-state index contributed by atoms with van der Waals surface area (Å²) in [6.45, 7) is 3.96. The molecule has 1 aliphatic carbocycles. The Morgan fingerprint density at radius 3 is 2.65 bits per heavy atom. The highest BCUT2D eigenvalue weighted by Crippen LogP contribution is 2.43. The van der Waals surface area contributed by atoms with Gasteiger partial charge in [-0.2, -0.15) is 0 Å². The van der Waals surface area contributed by atoms with Crippen LogP contribution in [0, 0.1) is 13.8 Å². The predicted octanol–water partition coefficient (Wildman–Crippen LogP) is 3.47. The summed E-state index contributed by atoms with van der Waals surface area (Å²) >= 11 is 0. The summed E-state index contributed by atoms with van der Waals surface area (Å²) in [6, 6.07) is 5.75. The van der Waals surface area contributed by atoms with Gasteiger partial charge in [-0.25, -0.2) is 15.0 Å². The number of rotatable bonds is 2. The van der Waals surface area contributed by atoms with Crippen LogP contribution in [0.15, 0.2) is 24.5 Å². The Kier molecular flexibility index (Phi) is 2.98. The number of aromatic nitrogens is 3. The summed E-state index contributed by atoms with van der Waals surface area (Å²) in [6.07, 6.45) is 3.78. The van der Waals surface area contributed by atoms with E-state index >= 15 is 0 Å². The van der Waals surface area contributed by atoms with Crippen molar-refractivity contribution in [1.29, 1.82) is 0 Å². The van der Waals surface area contributed by atoms with Crippen molar-refractivity contribution >= 4 is 16.9 Å². The second-order valence-electron chi connectivity index (χ2n) is 6.23. The molecule has 1 aromatic carbocycles. The lowest BCUT2D eigenvalue weighted by molar-refractivity contribution is 0.471. The van der Waals surface area contributed by atoms with Gasteiger partial charge in [-0.05, 0) is 55.5 Å². The van der Waals surface area contributed by atoms with Gasteiger partial charge < -0.3 is 10.8 Å². The summed E-state index contributed by atoms with van der Waals surface area (Å²) in [7, 11) is 0. The van der Waals surface area contributed by atoms with Crippen molar-refractivity contribution in [3.05, 3.63) is 41.3 Å². The lowest BCUT2D eigenvalue weighted by atomic mass is 9.93. The number of hydrogen-bond acceptors (Lipinski definition) is 5. The molecule has 5 nitrogen and oxygen atoms in total. The van der Waals surface area contributed by atoms with Crippen molar-refractivity contribution in [2.24, 2.45) is 0 Å². The number of pyridine rings is 1. The Morgan fingerprint density at radius 2 is 1.91 bits per heavy atom. The zero-order valence-electron chi connectivity index (χ0n) is 13.2. The van der Waals surface area contributed by atoms with Crippen LogP contribution in [0.1, 0.15) is 35.6 Å². The fourth-order valence-electron chi connectivity index (χ4n) is 3.11. The Bertz CT molecular complexity index is 932. The van der Waals surface area contributed by atoms with Crippen LogP contribution in [0.2, 0.25) is 0 Å². The first-order valence-electron chi connectivity index (χ1n) is 7.77. The summed E-state index contributed by atoms with van der Waals surface area (Å²) in [5.41, 5.74) is 12.4. The molecule has 0 amide bonds. The van der Waals surface area contributed by atoms with Gasteiger partial charge in [0.05, 0.1) is 0 Å². The number of anilines is 1. The van der Waals surface area contributed by atoms with Crippen LogP contribution < -0.4 is 5.73 Å². The number of nitrogens with two attached hydrogens (primary N) is 1. The number of phenolic OH excluding ortho intramolecular Hbond substituents is 1. The fraction of sp³-hybridized carbons (Fsp3) is 0.278. The first-order chi connectivity index (χ1) is 11.1. The van der Waals surface area contributed by atoms with Crippen LogP contribution in [-0.4, -0.2) is 20.1 Å². The van der Waals surface area contributed by atoms with Crippen molar-refractivity contribution in [2.75, 3.05) is 5.73 Å². The number of nitrogen functional groups attached to an aromatic ring is 1. The first-order valence-corrected chi connectivity index (χ1v) is 7.77. The number of benzene rings is 1. The standard InChI is InChI=1S/C18H18N4O/c1-9-3-6-14(23)10(2)15(9)12-7-13(11-4-5-11)22-17-16(12)20-8-21-18(17)19/h3,6-8,11,23H,4-5H2,1-2H3,(H2,19,20,21). The van der Waals surface area contributed by atoms with E-state index < -0.39 is 0 Å². The van der Waals surface area contributed by atoms with Crippen LogP contribution in [0.5, 0.6) is 5.75 Å². The van der Waals surface area contributed by atoms with Crippen molar-refractivity contribution in [2.45, 2.75) is 32.6 Å². The molecule has 0 atom stereocenters. The van der Waals surface area contributed by atoms with Crippen molar-refractivity contribution in [1.82, 2.24) is 15.0 Å². The van der Waals surface area contributed by atoms with Gasteiger partial charge in [-0.3, -0.25) is 0 Å². The van der Waals surface area contributed by atoms with Gasteiger partial charge in [0.2, 0.25) is 0 Å². The number of aromatic hydroxyl groups is 1. The first kappa shape index (κ1) is 13.9. The van der Waals surface area contributed by atoms with Crippen LogP contribution in [-0.2, 0) is 0 Å². The van der Waals surface area contributed by atoms with Crippen molar-refractivity contribution in [3.63, 3.8) is 0 Å². The number of fused-ring (bicyclic) bond motifs is 1. The number of aryl methyl sites for hydroxylation is 1. The second-order valence-corrected chi connectivity index (χ2v) is 6.23. The highest BCUT2D eigenvalue weighted by Gasteiger charge is 2.27. The fourth-order valence-corrected chi connectivity index (χ4v) is 3.11. The molecule has 3 aromatic rings. The molecule has 0 unspecified atom stereocenters. The molecule has 4 rings (SSSR count). The van der Waals surface area contributed by atoms with Crippen molar-refractivity contribution < 1.29 is 5.11 Å². The maximum Gasteiger partial charge on any atom is 0.153 e. The molecular weight excluding hydrogens is 288 g/mol. The number of phenols is 1. The SMILES string of the molecule is Cc1ccc(O)c(C)c1-c1cc(C2CC2)nc2c(N)ncnc12. The van der Waals surface area contributed by atoms with Gasteiger partial charge in [0.15, 0.2) is 5.82 Å². The van der Waals surface area contributed by atoms with E-state index in [1.165, 1.54) is 6.33 Å². The molecule has 0 aliphatic heterocycles. The predicted molar refractivity (Wildman–Crippen MR) is 90.3 cm³/mol. The van der Waals surface area contributed by atoms with E-state index in [1.54, 1.807) is 6.07 Å². The Balaban J connectivity index is 2.11. The normalized spacial score (nSPS) is 14.3. The minimum atomic E-state index is 0.283. The lowest BCUT2D eigenvalue weighted by Gasteiger charge is -2.15. The molecular formula is C18H18N4O. The van der Waals surface area contributed by atoms with E-state index in [4.69, 9.17) is 10.7 Å². The highest BCUT2D eigenvalue weighted by molar-refractivity contribution is 5.97. The van der Waals surface area contributed by atoms with Gasteiger partial charge in [0.25, 0.3) is 0 Å². The van der Waals surface area contributed by atoms with E-state index in [1.807, 2.05) is 19.9 Å². The lowest BCUT2D eigenvalue weighted by Crippen LogP contribution is -2.01. The molecule has 0 bridgehead atoms. The smallest absolute Gasteiger partial charge is 0.153 e. The number of nitrogens with zero attached hydrogens (tertiary/aromatic N) is 3. The van der Waals surface area contributed by atoms with Crippen LogP contribution in [0.25, 0.3) is 22.2 Å². The minimum Gasteiger partial charge on any atom is -0.508 e. The molecule has 2 aromatic heterocycles. The molecule has 23 heavy (non-hydrogen) atoms. The maximum absolute atomic E-state index is 10.1. The van der Waals surface area contributed by atoms with E-state index in [-0.39, 0.29) is 5.75 Å². The molecule has 2 heterocycles. The van der Waals surface area contributed by atoms with Gasteiger partial charge in [-0.15, -0.1) is 0 Å². The third-order valence-corrected chi connectivity index (χ3v) is 4.55.